The molecule has 0 saturated heterocycles. The summed E-state index contributed by atoms with van der Waals surface area (Å²) in [5, 5.41) is 27.8. The van der Waals surface area contributed by atoms with E-state index in [2.05, 4.69) is 10.2 Å². The molecule has 0 aliphatic rings. The molecule has 0 unspecified atom stereocenters. The van der Waals surface area contributed by atoms with Gasteiger partial charge in [0, 0.05) is 5.02 Å². The molecule has 0 aliphatic heterocycles. The number of aromatic hydroxyl groups is 1. The number of halogens is 3. The molecule has 0 fully saturated rings. The normalized spacial score (nSPS) is 11.5. The van der Waals surface area contributed by atoms with E-state index in [0.717, 1.165) is 11.8 Å². The van der Waals surface area contributed by atoms with Gasteiger partial charge in [0.2, 0.25) is 0 Å². The van der Waals surface area contributed by atoms with Gasteiger partial charge in [-0.2, -0.15) is 0 Å². The molecule has 1 aromatic heterocycles. The van der Waals surface area contributed by atoms with Gasteiger partial charge in [-0.15, -0.1) is 10.2 Å². The van der Waals surface area contributed by atoms with Crippen molar-refractivity contribution >= 4 is 80.6 Å². The van der Waals surface area contributed by atoms with Crippen molar-refractivity contribution in [2.75, 3.05) is 7.11 Å². The molecule has 150 valence electrons. The number of methoxy groups -OCH3 is 1. The van der Waals surface area contributed by atoms with Gasteiger partial charge in [0.1, 0.15) is 16.4 Å². The van der Waals surface area contributed by atoms with Crippen LogP contribution >= 0.6 is 68.5 Å². The van der Waals surface area contributed by atoms with Crippen LogP contribution < -0.4 is 4.74 Å². The largest absolute Gasteiger partial charge is 0.506 e. The first-order valence-electron chi connectivity index (χ1n) is 7.76. The summed E-state index contributed by atoms with van der Waals surface area (Å²) in [7, 11) is 1.50. The number of benzene rings is 2. The summed E-state index contributed by atoms with van der Waals surface area (Å²) in [5.41, 5.74) is 1.13. The van der Waals surface area contributed by atoms with Crippen molar-refractivity contribution in [2.45, 2.75) is 5.22 Å². The SMILES string of the molecule is COc1ccc(Cl)cc1-c1nnc(S/C(=C\c2cc(I)c(O)c(I)c2)C(=O)O)o1. The van der Waals surface area contributed by atoms with Gasteiger partial charge in [-0.3, -0.25) is 0 Å². The highest BCUT2D eigenvalue weighted by Crippen LogP contribution is 2.35. The van der Waals surface area contributed by atoms with E-state index in [1.165, 1.54) is 13.2 Å². The maximum absolute atomic E-state index is 11.7. The van der Waals surface area contributed by atoms with E-state index < -0.39 is 5.97 Å². The van der Waals surface area contributed by atoms with Gasteiger partial charge in [-0.05, 0) is 98.9 Å². The van der Waals surface area contributed by atoms with Crippen LogP contribution in [0.5, 0.6) is 11.5 Å². The summed E-state index contributed by atoms with van der Waals surface area (Å²) in [6.45, 7) is 0. The van der Waals surface area contributed by atoms with Crippen molar-refractivity contribution in [1.82, 2.24) is 10.2 Å². The number of ether oxygens (including phenoxy) is 1. The highest BCUT2D eigenvalue weighted by atomic mass is 127. The Morgan fingerprint density at radius 1 is 1.24 bits per heavy atom. The van der Waals surface area contributed by atoms with Crippen LogP contribution in [-0.4, -0.2) is 33.5 Å². The van der Waals surface area contributed by atoms with E-state index >= 15 is 0 Å². The molecule has 2 N–H and O–H groups in total. The Hall–Kier alpha value is -1.51. The molecule has 0 bridgehead atoms. The van der Waals surface area contributed by atoms with E-state index in [9.17, 15) is 15.0 Å². The highest BCUT2D eigenvalue weighted by molar-refractivity contribution is 14.1. The standard InChI is InChI=1S/C18H11ClI2N2O5S/c1-27-13-3-2-9(19)7-10(13)16-22-23-18(28-16)29-14(17(25)26)6-8-4-11(20)15(24)12(21)5-8/h2-7,24H,1H3,(H,25,26)/b14-6-. The lowest BCUT2D eigenvalue weighted by Crippen LogP contribution is -1.97. The molecule has 0 radical (unpaired) electrons. The number of carboxylic acid groups (broad SMARTS) is 1. The minimum atomic E-state index is -1.15. The van der Waals surface area contributed by atoms with E-state index in [-0.39, 0.29) is 21.8 Å². The minimum Gasteiger partial charge on any atom is -0.506 e. The highest BCUT2D eigenvalue weighted by Gasteiger charge is 2.18. The Bertz CT molecular complexity index is 1100. The molecule has 11 heteroatoms. The molecule has 0 spiro atoms. The number of carbonyl (C=O) groups is 1. The Morgan fingerprint density at radius 2 is 1.93 bits per heavy atom. The third-order valence-corrected chi connectivity index (χ3v) is 6.28. The summed E-state index contributed by atoms with van der Waals surface area (Å²) in [4.78, 5) is 11.7. The van der Waals surface area contributed by atoms with E-state index in [4.69, 9.17) is 20.8 Å². The van der Waals surface area contributed by atoms with Crippen LogP contribution in [0.3, 0.4) is 0 Å². The Labute approximate surface area is 201 Å². The molecule has 0 amide bonds. The second kappa shape index (κ2) is 9.53. The van der Waals surface area contributed by atoms with Crippen molar-refractivity contribution in [3.63, 3.8) is 0 Å². The maximum Gasteiger partial charge on any atom is 0.342 e. The number of phenols is 1. The molecule has 0 saturated carbocycles. The number of carboxylic acids is 1. The van der Waals surface area contributed by atoms with Crippen LogP contribution in [0.1, 0.15) is 5.56 Å². The monoisotopic (exact) mass is 656 g/mol. The lowest BCUT2D eigenvalue weighted by atomic mass is 10.2. The molecule has 3 rings (SSSR count). The first-order valence-corrected chi connectivity index (χ1v) is 11.1. The number of hydrogen-bond acceptors (Lipinski definition) is 7. The first kappa shape index (κ1) is 22.2. The van der Waals surface area contributed by atoms with Gasteiger partial charge in [0.15, 0.2) is 0 Å². The predicted molar refractivity (Wildman–Crippen MR) is 126 cm³/mol. The number of thioether (sulfide) groups is 1. The van der Waals surface area contributed by atoms with Crippen molar-refractivity contribution in [2.24, 2.45) is 0 Å². The number of rotatable bonds is 6. The summed E-state index contributed by atoms with van der Waals surface area (Å²) in [6, 6.07) is 8.32. The predicted octanol–water partition coefficient (Wildman–Crippen LogP) is 5.53. The third-order valence-electron chi connectivity index (χ3n) is 3.54. The van der Waals surface area contributed by atoms with Crippen molar-refractivity contribution in [3.05, 3.63) is 53.0 Å². The summed E-state index contributed by atoms with van der Waals surface area (Å²) in [6.07, 6.45) is 1.47. The first-order chi connectivity index (χ1) is 13.8. The van der Waals surface area contributed by atoms with Crippen LogP contribution in [0.4, 0.5) is 0 Å². The van der Waals surface area contributed by atoms with Crippen LogP contribution in [0.25, 0.3) is 17.5 Å². The molecular formula is C18H11ClI2N2O5S. The van der Waals surface area contributed by atoms with Gasteiger partial charge in [-0.25, -0.2) is 4.79 Å². The average molecular weight is 657 g/mol. The second-order valence-corrected chi connectivity index (χ2v) is 9.22. The van der Waals surface area contributed by atoms with Gasteiger partial charge < -0.3 is 19.4 Å². The van der Waals surface area contributed by atoms with E-state index in [0.29, 0.717) is 29.0 Å². The van der Waals surface area contributed by atoms with Crippen molar-refractivity contribution in [3.8, 4) is 23.0 Å². The Kier molecular flexibility index (Phi) is 7.29. The fourth-order valence-electron chi connectivity index (χ4n) is 2.26. The number of phenolic OH excluding ortho intramolecular Hbond substituents is 1. The molecule has 7 nitrogen and oxygen atoms in total. The molecule has 0 atom stereocenters. The summed E-state index contributed by atoms with van der Waals surface area (Å²) >= 11 is 10.8. The topological polar surface area (TPSA) is 106 Å². The summed E-state index contributed by atoms with van der Waals surface area (Å²) in [5.74, 6) is -0.333. The number of hydrogen-bond donors (Lipinski definition) is 2. The second-order valence-electron chi connectivity index (χ2n) is 5.47. The molecule has 2 aromatic carbocycles. The Balaban J connectivity index is 1.92. The van der Waals surface area contributed by atoms with E-state index in [1.54, 1.807) is 30.3 Å². The molecule has 0 aliphatic carbocycles. The lowest BCUT2D eigenvalue weighted by molar-refractivity contribution is -0.131. The number of aromatic nitrogens is 2. The zero-order valence-electron chi connectivity index (χ0n) is 14.5. The van der Waals surface area contributed by atoms with Crippen molar-refractivity contribution < 1.29 is 24.2 Å². The van der Waals surface area contributed by atoms with Gasteiger partial charge >= 0.3 is 5.97 Å². The van der Waals surface area contributed by atoms with Crippen LogP contribution in [0, 0.1) is 7.14 Å². The van der Waals surface area contributed by atoms with Crippen molar-refractivity contribution in [1.29, 1.82) is 0 Å². The minimum absolute atomic E-state index is 0.0180. The lowest BCUT2D eigenvalue weighted by Gasteiger charge is -2.05. The van der Waals surface area contributed by atoms with Crippen LogP contribution in [0.2, 0.25) is 5.02 Å². The van der Waals surface area contributed by atoms with E-state index in [1.807, 2.05) is 45.2 Å². The summed E-state index contributed by atoms with van der Waals surface area (Å²) < 4.78 is 12.1. The fraction of sp³-hybridized carbons (Fsp3) is 0.0556. The molecule has 3 aromatic rings. The molecule has 1 heterocycles. The fourth-order valence-corrected chi connectivity index (χ4v) is 4.92. The zero-order chi connectivity index (χ0) is 21.1. The zero-order valence-corrected chi connectivity index (χ0v) is 20.4. The molecule has 29 heavy (non-hydrogen) atoms. The Morgan fingerprint density at radius 3 is 2.55 bits per heavy atom. The van der Waals surface area contributed by atoms with Crippen LogP contribution in [0.15, 0.2) is 44.9 Å². The number of nitrogens with zero attached hydrogens (tertiary/aromatic N) is 2. The number of aliphatic carboxylic acids is 1. The van der Waals surface area contributed by atoms with Gasteiger partial charge in [-0.1, -0.05) is 11.6 Å². The maximum atomic E-state index is 11.7. The quantitative estimate of drug-likeness (QED) is 0.203. The van der Waals surface area contributed by atoms with Gasteiger partial charge in [0.25, 0.3) is 11.1 Å². The van der Waals surface area contributed by atoms with Gasteiger partial charge in [0.05, 0.1) is 19.8 Å². The van der Waals surface area contributed by atoms with Crippen LogP contribution in [-0.2, 0) is 4.79 Å². The average Bonchev–Trinajstić information content (AvgIpc) is 3.14. The smallest absolute Gasteiger partial charge is 0.342 e. The third kappa shape index (κ3) is 5.35. The molecular weight excluding hydrogens is 646 g/mol.